The van der Waals surface area contributed by atoms with Crippen LogP contribution < -0.4 is 0 Å². The van der Waals surface area contributed by atoms with Gasteiger partial charge in [0.05, 0.1) is 0 Å². The Morgan fingerprint density at radius 1 is 0.882 bits per heavy atom. The van der Waals surface area contributed by atoms with Crippen LogP contribution in [0.4, 0.5) is 22.0 Å². The molecule has 0 aliphatic heterocycles. The Labute approximate surface area is 94.2 Å². The molecule has 0 aromatic heterocycles. The summed E-state index contributed by atoms with van der Waals surface area (Å²) in [6.45, 7) is 2.93. The maximum atomic E-state index is 13.2. The van der Waals surface area contributed by atoms with Crippen LogP contribution in [0.25, 0.3) is 0 Å². The topological polar surface area (TPSA) is 17.1 Å². The number of Topliss-reactive ketones (excluding diaryl/α,β-unsaturated/α-hetero) is 1. The van der Waals surface area contributed by atoms with E-state index in [1.807, 2.05) is 0 Å². The Bertz CT molecular complexity index is 438. The van der Waals surface area contributed by atoms with E-state index >= 15 is 0 Å². The van der Waals surface area contributed by atoms with Gasteiger partial charge in [0.2, 0.25) is 5.82 Å². The summed E-state index contributed by atoms with van der Waals surface area (Å²) in [6.07, 6.45) is -0.816. The number of hydrogen-bond acceptors (Lipinski definition) is 1. The second kappa shape index (κ2) is 4.81. The molecule has 0 bridgehead atoms. The van der Waals surface area contributed by atoms with Crippen LogP contribution in [0, 0.1) is 35.0 Å². The lowest BCUT2D eigenvalue weighted by Crippen LogP contribution is -2.15. The fourth-order valence-electron chi connectivity index (χ4n) is 1.18. The number of hydrogen-bond donors (Lipinski definition) is 0. The highest BCUT2D eigenvalue weighted by Crippen LogP contribution is 2.24. The lowest BCUT2D eigenvalue weighted by molar-refractivity contribution is -0.121. The zero-order valence-corrected chi connectivity index (χ0v) is 9.08. The summed E-state index contributed by atoms with van der Waals surface area (Å²) in [4.78, 5) is 11.3. The third-order valence-electron chi connectivity index (χ3n) is 2.30. The SMILES string of the molecule is CC(C)C(=O)Cc1c(F)c(F)c(F)c(F)c1F. The lowest BCUT2D eigenvalue weighted by atomic mass is 10.00. The van der Waals surface area contributed by atoms with Crippen molar-refractivity contribution in [1.29, 1.82) is 0 Å². The van der Waals surface area contributed by atoms with Gasteiger partial charge in [-0.05, 0) is 0 Å². The molecule has 0 N–H and O–H groups in total. The molecule has 1 aromatic carbocycles. The molecule has 0 amide bonds. The van der Waals surface area contributed by atoms with E-state index in [1.165, 1.54) is 13.8 Å². The highest BCUT2D eigenvalue weighted by atomic mass is 19.2. The van der Waals surface area contributed by atoms with Crippen molar-refractivity contribution in [3.63, 3.8) is 0 Å². The maximum absolute atomic E-state index is 13.2. The average molecular weight is 252 g/mol. The molecule has 0 fully saturated rings. The van der Waals surface area contributed by atoms with Gasteiger partial charge >= 0.3 is 0 Å². The minimum Gasteiger partial charge on any atom is -0.299 e. The van der Waals surface area contributed by atoms with E-state index in [0.717, 1.165) is 0 Å². The first-order chi connectivity index (χ1) is 7.77. The summed E-state index contributed by atoms with van der Waals surface area (Å²) >= 11 is 0. The van der Waals surface area contributed by atoms with E-state index in [0.29, 0.717) is 0 Å². The predicted octanol–water partition coefficient (Wildman–Crippen LogP) is 3.15. The summed E-state index contributed by atoms with van der Waals surface area (Å²) in [5.41, 5.74) is -1.08. The van der Waals surface area contributed by atoms with Crippen LogP contribution in [0.1, 0.15) is 19.4 Å². The van der Waals surface area contributed by atoms with Crippen LogP contribution in [-0.2, 0) is 11.2 Å². The number of ketones is 1. The molecule has 0 saturated heterocycles. The molecule has 1 rings (SSSR count). The largest absolute Gasteiger partial charge is 0.299 e. The number of benzene rings is 1. The van der Waals surface area contributed by atoms with Crippen LogP contribution in [0.3, 0.4) is 0 Å². The highest BCUT2D eigenvalue weighted by Gasteiger charge is 2.27. The fourth-order valence-corrected chi connectivity index (χ4v) is 1.18. The summed E-state index contributed by atoms with van der Waals surface area (Å²) in [5.74, 6) is -11.3. The summed E-state index contributed by atoms with van der Waals surface area (Å²) in [5, 5.41) is 0. The van der Waals surface area contributed by atoms with Crippen molar-refractivity contribution in [3.05, 3.63) is 34.6 Å². The van der Waals surface area contributed by atoms with Gasteiger partial charge in [0.15, 0.2) is 23.3 Å². The first-order valence-electron chi connectivity index (χ1n) is 4.80. The molecule has 0 radical (unpaired) electrons. The quantitative estimate of drug-likeness (QED) is 0.459. The van der Waals surface area contributed by atoms with E-state index in [-0.39, 0.29) is 0 Å². The van der Waals surface area contributed by atoms with Crippen molar-refractivity contribution in [2.45, 2.75) is 20.3 Å². The molecule has 6 heteroatoms. The highest BCUT2D eigenvalue weighted by molar-refractivity contribution is 5.82. The van der Waals surface area contributed by atoms with E-state index in [2.05, 4.69) is 0 Å². The number of carbonyl (C=O) groups is 1. The van der Waals surface area contributed by atoms with Gasteiger partial charge in [0.25, 0.3) is 0 Å². The molecule has 0 atom stereocenters. The smallest absolute Gasteiger partial charge is 0.200 e. The summed E-state index contributed by atoms with van der Waals surface area (Å²) in [7, 11) is 0. The molecule has 0 unspecified atom stereocenters. The van der Waals surface area contributed by atoms with E-state index < -0.39 is 52.8 Å². The molecule has 1 nitrogen and oxygen atoms in total. The predicted molar refractivity (Wildman–Crippen MR) is 49.8 cm³/mol. The molecule has 94 valence electrons. The summed E-state index contributed by atoms with van der Waals surface area (Å²) in [6, 6.07) is 0. The third kappa shape index (κ3) is 2.45. The second-order valence-corrected chi connectivity index (χ2v) is 3.85. The van der Waals surface area contributed by atoms with Gasteiger partial charge in [-0.3, -0.25) is 4.79 Å². The standard InChI is InChI=1S/C11H9F5O/c1-4(2)6(17)3-5-7(12)9(14)11(16)10(15)8(5)13/h4H,3H2,1-2H3. The molecular formula is C11H9F5O. The zero-order valence-electron chi connectivity index (χ0n) is 9.08. The van der Waals surface area contributed by atoms with E-state index in [9.17, 15) is 26.7 Å². The zero-order chi connectivity index (χ0) is 13.3. The normalized spacial score (nSPS) is 11.1. The van der Waals surface area contributed by atoms with Gasteiger partial charge in [-0.2, -0.15) is 0 Å². The summed E-state index contributed by atoms with van der Waals surface area (Å²) < 4.78 is 64.6. The van der Waals surface area contributed by atoms with Crippen LogP contribution in [0.5, 0.6) is 0 Å². The number of rotatable bonds is 3. The van der Waals surface area contributed by atoms with Gasteiger partial charge < -0.3 is 0 Å². The molecular weight excluding hydrogens is 243 g/mol. The van der Waals surface area contributed by atoms with Gasteiger partial charge in [0.1, 0.15) is 5.78 Å². The Kier molecular flexibility index (Phi) is 3.85. The Morgan fingerprint density at radius 3 is 1.59 bits per heavy atom. The van der Waals surface area contributed by atoms with Crippen molar-refractivity contribution >= 4 is 5.78 Å². The number of halogens is 5. The molecule has 0 saturated carbocycles. The van der Waals surface area contributed by atoms with Crippen molar-refractivity contribution in [1.82, 2.24) is 0 Å². The molecule has 1 aromatic rings. The van der Waals surface area contributed by atoms with Crippen molar-refractivity contribution < 1.29 is 26.7 Å². The van der Waals surface area contributed by atoms with Gasteiger partial charge in [-0.15, -0.1) is 0 Å². The fraction of sp³-hybridized carbons (Fsp3) is 0.364. The van der Waals surface area contributed by atoms with Crippen LogP contribution in [0.15, 0.2) is 0 Å². The van der Waals surface area contributed by atoms with Crippen LogP contribution >= 0.6 is 0 Å². The lowest BCUT2D eigenvalue weighted by Gasteiger charge is -2.08. The molecule has 0 aliphatic carbocycles. The Morgan fingerprint density at radius 2 is 1.24 bits per heavy atom. The Balaban J connectivity index is 3.30. The average Bonchev–Trinajstić information content (AvgIpc) is 2.29. The maximum Gasteiger partial charge on any atom is 0.200 e. The van der Waals surface area contributed by atoms with Gasteiger partial charge in [0, 0.05) is 17.9 Å². The van der Waals surface area contributed by atoms with Crippen molar-refractivity contribution in [2.75, 3.05) is 0 Å². The first-order valence-corrected chi connectivity index (χ1v) is 4.80. The van der Waals surface area contributed by atoms with Crippen molar-refractivity contribution in [2.24, 2.45) is 5.92 Å². The van der Waals surface area contributed by atoms with Crippen LogP contribution in [0.2, 0.25) is 0 Å². The molecule has 17 heavy (non-hydrogen) atoms. The number of carbonyl (C=O) groups excluding carboxylic acids is 1. The molecule has 0 aliphatic rings. The third-order valence-corrected chi connectivity index (χ3v) is 2.30. The first kappa shape index (κ1) is 13.6. The Hall–Kier alpha value is -1.46. The van der Waals surface area contributed by atoms with E-state index in [4.69, 9.17) is 0 Å². The van der Waals surface area contributed by atoms with E-state index in [1.54, 1.807) is 0 Å². The minimum absolute atomic E-state index is 0.551. The van der Waals surface area contributed by atoms with Crippen molar-refractivity contribution in [3.8, 4) is 0 Å². The molecule has 0 spiro atoms. The minimum atomic E-state index is -2.22. The monoisotopic (exact) mass is 252 g/mol. The molecule has 0 heterocycles. The van der Waals surface area contributed by atoms with Gasteiger partial charge in [-0.1, -0.05) is 13.8 Å². The van der Waals surface area contributed by atoms with Gasteiger partial charge in [-0.25, -0.2) is 22.0 Å². The van der Waals surface area contributed by atoms with Crippen LogP contribution in [-0.4, -0.2) is 5.78 Å². The second-order valence-electron chi connectivity index (χ2n) is 3.85.